The first-order valence-corrected chi connectivity index (χ1v) is 4.45. The van der Waals surface area contributed by atoms with Gasteiger partial charge in [0.15, 0.2) is 0 Å². The molecule has 0 aromatic rings. The summed E-state index contributed by atoms with van der Waals surface area (Å²) in [5.41, 5.74) is 0.108. The lowest BCUT2D eigenvalue weighted by molar-refractivity contribution is 0.575. The van der Waals surface area contributed by atoms with Crippen LogP contribution in [0.2, 0.25) is 0 Å². The summed E-state index contributed by atoms with van der Waals surface area (Å²) in [6.45, 7) is 10.9. The topological polar surface area (TPSA) is 12.4 Å². The highest BCUT2D eigenvalue weighted by molar-refractivity contribution is 5.57. The van der Waals surface area contributed by atoms with E-state index in [0.29, 0.717) is 0 Å². The van der Waals surface area contributed by atoms with E-state index in [1.165, 1.54) is 6.42 Å². The molecule has 0 heterocycles. The van der Waals surface area contributed by atoms with Crippen LogP contribution in [0.25, 0.3) is 0 Å². The lowest BCUT2D eigenvalue weighted by atomic mass is 10.1. The molecule has 0 atom stereocenters. The van der Waals surface area contributed by atoms with Crippen molar-refractivity contribution in [2.45, 2.75) is 53.0 Å². The quantitative estimate of drug-likeness (QED) is 0.554. The van der Waals surface area contributed by atoms with E-state index < -0.39 is 0 Å². The van der Waals surface area contributed by atoms with Gasteiger partial charge in [0, 0.05) is 0 Å². The highest BCUT2D eigenvalue weighted by Crippen LogP contribution is 2.07. The smallest absolute Gasteiger partial charge is 0.0520 e. The third kappa shape index (κ3) is 9.67. The Hall–Kier alpha value is -0.330. The monoisotopic (exact) mass is 155 g/mol. The summed E-state index contributed by atoms with van der Waals surface area (Å²) in [6.07, 6.45) is 4.43. The Morgan fingerprint density at radius 3 is 2.18 bits per heavy atom. The molecule has 0 aliphatic rings. The lowest BCUT2D eigenvalue weighted by Gasteiger charge is -2.10. The van der Waals surface area contributed by atoms with Crippen LogP contribution < -0.4 is 0 Å². The number of hydrogen-bond donors (Lipinski definition) is 0. The minimum atomic E-state index is 0.108. The fourth-order valence-electron chi connectivity index (χ4n) is 0.746. The van der Waals surface area contributed by atoms with E-state index in [-0.39, 0.29) is 5.54 Å². The van der Waals surface area contributed by atoms with Crippen LogP contribution in [-0.4, -0.2) is 11.8 Å². The van der Waals surface area contributed by atoms with Gasteiger partial charge >= 0.3 is 0 Å². The van der Waals surface area contributed by atoms with E-state index in [1.54, 1.807) is 0 Å². The second-order valence-corrected chi connectivity index (χ2v) is 4.45. The highest BCUT2D eigenvalue weighted by atomic mass is 14.8. The molecular formula is C10H21N. The van der Waals surface area contributed by atoms with Crippen molar-refractivity contribution in [3.63, 3.8) is 0 Å². The molecule has 11 heavy (non-hydrogen) atoms. The van der Waals surface area contributed by atoms with Gasteiger partial charge in [0.05, 0.1) is 5.54 Å². The van der Waals surface area contributed by atoms with Gasteiger partial charge in [0.1, 0.15) is 0 Å². The van der Waals surface area contributed by atoms with E-state index in [9.17, 15) is 0 Å². The molecule has 0 aliphatic carbocycles. The summed E-state index contributed by atoms with van der Waals surface area (Å²) in [5, 5.41) is 0. The van der Waals surface area contributed by atoms with Crippen molar-refractivity contribution in [1.82, 2.24) is 0 Å². The van der Waals surface area contributed by atoms with Gasteiger partial charge < -0.3 is 0 Å². The Balaban J connectivity index is 3.46. The van der Waals surface area contributed by atoms with Crippen LogP contribution in [0, 0.1) is 5.92 Å². The zero-order chi connectivity index (χ0) is 8.91. The Kier molecular flexibility index (Phi) is 4.39. The first-order valence-electron chi connectivity index (χ1n) is 4.45. The average Bonchev–Trinajstić information content (AvgIpc) is 1.78. The zero-order valence-corrected chi connectivity index (χ0v) is 8.52. The molecule has 1 nitrogen and oxygen atoms in total. The number of nitrogens with zero attached hydrogens (tertiary/aromatic N) is 1. The Labute approximate surface area is 70.9 Å². The van der Waals surface area contributed by atoms with Crippen molar-refractivity contribution < 1.29 is 0 Å². The standard InChI is InChI=1S/C10H21N/c1-9(2)7-6-8-11-10(3,4)5/h8-9H,6-7H2,1-5H3. The molecule has 0 amide bonds. The number of hydrogen-bond acceptors (Lipinski definition) is 1. The van der Waals surface area contributed by atoms with Gasteiger partial charge in [-0.25, -0.2) is 0 Å². The summed E-state index contributed by atoms with van der Waals surface area (Å²) in [7, 11) is 0. The predicted octanol–water partition coefficient (Wildman–Crippen LogP) is 3.29. The molecule has 0 aliphatic heterocycles. The second-order valence-electron chi connectivity index (χ2n) is 4.45. The van der Waals surface area contributed by atoms with E-state index in [4.69, 9.17) is 0 Å². The lowest BCUT2D eigenvalue weighted by Crippen LogP contribution is -2.09. The van der Waals surface area contributed by atoms with Crippen LogP contribution in [-0.2, 0) is 0 Å². The number of aliphatic imine (C=N–C) groups is 1. The molecular weight excluding hydrogens is 134 g/mol. The van der Waals surface area contributed by atoms with Gasteiger partial charge in [-0.05, 0) is 45.7 Å². The van der Waals surface area contributed by atoms with Crippen molar-refractivity contribution in [3.8, 4) is 0 Å². The Morgan fingerprint density at radius 1 is 1.27 bits per heavy atom. The van der Waals surface area contributed by atoms with Crippen molar-refractivity contribution in [2.24, 2.45) is 10.9 Å². The minimum Gasteiger partial charge on any atom is -0.292 e. The first kappa shape index (κ1) is 10.7. The molecule has 0 saturated carbocycles. The van der Waals surface area contributed by atoms with Gasteiger partial charge in [-0.3, -0.25) is 4.99 Å². The van der Waals surface area contributed by atoms with Crippen molar-refractivity contribution in [2.75, 3.05) is 0 Å². The molecule has 0 aromatic heterocycles. The van der Waals surface area contributed by atoms with Crippen LogP contribution in [0.1, 0.15) is 47.5 Å². The van der Waals surface area contributed by atoms with E-state index >= 15 is 0 Å². The molecule has 0 rings (SSSR count). The van der Waals surface area contributed by atoms with Crippen LogP contribution >= 0.6 is 0 Å². The predicted molar refractivity (Wildman–Crippen MR) is 52.3 cm³/mol. The summed E-state index contributed by atoms with van der Waals surface area (Å²) >= 11 is 0. The molecule has 0 saturated heterocycles. The second kappa shape index (κ2) is 4.53. The maximum absolute atomic E-state index is 4.40. The molecule has 0 unspecified atom stereocenters. The van der Waals surface area contributed by atoms with Gasteiger partial charge in [0.2, 0.25) is 0 Å². The van der Waals surface area contributed by atoms with E-state index in [1.807, 2.05) is 0 Å². The van der Waals surface area contributed by atoms with E-state index in [2.05, 4.69) is 45.8 Å². The molecule has 66 valence electrons. The summed E-state index contributed by atoms with van der Waals surface area (Å²) in [4.78, 5) is 4.40. The maximum Gasteiger partial charge on any atom is 0.0520 e. The summed E-state index contributed by atoms with van der Waals surface area (Å²) < 4.78 is 0. The van der Waals surface area contributed by atoms with Crippen LogP contribution in [0.15, 0.2) is 4.99 Å². The third-order valence-electron chi connectivity index (χ3n) is 1.35. The largest absolute Gasteiger partial charge is 0.292 e. The highest BCUT2D eigenvalue weighted by Gasteiger charge is 2.03. The minimum absolute atomic E-state index is 0.108. The SMILES string of the molecule is CC(C)CCC=NC(C)(C)C. The molecule has 0 aromatic carbocycles. The van der Waals surface area contributed by atoms with Crippen LogP contribution in [0.3, 0.4) is 0 Å². The maximum atomic E-state index is 4.40. The van der Waals surface area contributed by atoms with Crippen molar-refractivity contribution >= 4 is 6.21 Å². The van der Waals surface area contributed by atoms with E-state index in [0.717, 1.165) is 12.3 Å². The zero-order valence-electron chi connectivity index (χ0n) is 8.52. The van der Waals surface area contributed by atoms with Gasteiger partial charge in [-0.2, -0.15) is 0 Å². The summed E-state index contributed by atoms with van der Waals surface area (Å²) in [6, 6.07) is 0. The molecule has 0 bridgehead atoms. The fourth-order valence-corrected chi connectivity index (χ4v) is 0.746. The Morgan fingerprint density at radius 2 is 1.82 bits per heavy atom. The molecule has 0 fully saturated rings. The molecule has 0 spiro atoms. The van der Waals surface area contributed by atoms with Gasteiger partial charge in [0.25, 0.3) is 0 Å². The first-order chi connectivity index (χ1) is 4.92. The van der Waals surface area contributed by atoms with Crippen molar-refractivity contribution in [3.05, 3.63) is 0 Å². The van der Waals surface area contributed by atoms with Gasteiger partial charge in [-0.15, -0.1) is 0 Å². The normalized spacial score (nSPS) is 13.3. The van der Waals surface area contributed by atoms with Gasteiger partial charge in [-0.1, -0.05) is 13.8 Å². The van der Waals surface area contributed by atoms with Crippen LogP contribution in [0.5, 0.6) is 0 Å². The number of rotatable bonds is 3. The molecule has 0 N–H and O–H groups in total. The summed E-state index contributed by atoms with van der Waals surface area (Å²) in [5.74, 6) is 0.793. The van der Waals surface area contributed by atoms with Crippen molar-refractivity contribution in [1.29, 1.82) is 0 Å². The Bertz CT molecular complexity index is 117. The average molecular weight is 155 g/mol. The fraction of sp³-hybridized carbons (Fsp3) is 0.900. The molecule has 1 heteroatoms. The third-order valence-corrected chi connectivity index (χ3v) is 1.35. The van der Waals surface area contributed by atoms with Crippen LogP contribution in [0.4, 0.5) is 0 Å². The molecule has 0 radical (unpaired) electrons.